The molecule has 3 aromatic rings. The number of hydrogen-bond donors (Lipinski definition) is 2. The summed E-state index contributed by atoms with van der Waals surface area (Å²) < 4.78 is 5.93. The third kappa shape index (κ3) is 3.80. The predicted octanol–water partition coefficient (Wildman–Crippen LogP) is 4.44. The summed E-state index contributed by atoms with van der Waals surface area (Å²) in [4.78, 5) is 16.5. The molecule has 0 bridgehead atoms. The third-order valence-corrected chi connectivity index (χ3v) is 4.19. The van der Waals surface area contributed by atoms with Gasteiger partial charge in [0.2, 0.25) is 0 Å². The van der Waals surface area contributed by atoms with Crippen molar-refractivity contribution in [1.82, 2.24) is 10.1 Å². The number of anilines is 3. The van der Waals surface area contributed by atoms with Crippen molar-refractivity contribution < 1.29 is 9.32 Å². The Morgan fingerprint density at radius 1 is 1.12 bits per heavy atom. The molecule has 0 aliphatic rings. The lowest BCUT2D eigenvalue weighted by Crippen LogP contribution is -2.12. The number of nitrogens with one attached hydrogen (secondary N) is 2. The summed E-state index contributed by atoms with van der Waals surface area (Å²) in [6.45, 7) is 3.78. The summed E-state index contributed by atoms with van der Waals surface area (Å²) in [6.07, 6.45) is 1.58. The highest BCUT2D eigenvalue weighted by atomic mass is 79.9. The second-order valence-electron chi connectivity index (χ2n) is 5.30. The van der Waals surface area contributed by atoms with Crippen molar-refractivity contribution in [2.24, 2.45) is 0 Å². The number of nitrogens with zero attached hydrogens (tertiary/aromatic N) is 2. The maximum Gasteiger partial charge on any atom is 0.257 e. The highest BCUT2D eigenvalue weighted by Gasteiger charge is 2.10. The normalized spacial score (nSPS) is 10.5. The lowest BCUT2D eigenvalue weighted by atomic mass is 10.2. The van der Waals surface area contributed by atoms with Gasteiger partial charge in [-0.25, -0.2) is 4.98 Å². The van der Waals surface area contributed by atoms with Crippen LogP contribution in [-0.4, -0.2) is 16.0 Å². The van der Waals surface area contributed by atoms with Crippen molar-refractivity contribution in [3.05, 3.63) is 64.0 Å². The van der Waals surface area contributed by atoms with E-state index in [2.05, 4.69) is 36.7 Å². The van der Waals surface area contributed by atoms with Crippen LogP contribution in [0.5, 0.6) is 0 Å². The van der Waals surface area contributed by atoms with Crippen LogP contribution in [0.4, 0.5) is 17.3 Å². The van der Waals surface area contributed by atoms with E-state index in [1.807, 2.05) is 25.1 Å². The second-order valence-corrected chi connectivity index (χ2v) is 6.15. The molecule has 0 aliphatic carbocycles. The largest absolute Gasteiger partial charge is 0.360 e. The van der Waals surface area contributed by atoms with E-state index >= 15 is 0 Å². The van der Waals surface area contributed by atoms with Gasteiger partial charge in [0.15, 0.2) is 5.82 Å². The molecule has 0 radical (unpaired) electrons. The van der Waals surface area contributed by atoms with Crippen LogP contribution in [0.25, 0.3) is 0 Å². The number of pyridine rings is 1. The quantitative estimate of drug-likeness (QED) is 0.692. The molecule has 0 saturated heterocycles. The molecule has 2 heterocycles. The molecular formula is C17H15BrN4O2. The smallest absolute Gasteiger partial charge is 0.257 e. The Labute approximate surface area is 147 Å². The van der Waals surface area contributed by atoms with Gasteiger partial charge in [0, 0.05) is 28.0 Å². The second kappa shape index (κ2) is 6.84. The van der Waals surface area contributed by atoms with Gasteiger partial charge < -0.3 is 15.2 Å². The first kappa shape index (κ1) is 16.2. The zero-order chi connectivity index (χ0) is 17.1. The van der Waals surface area contributed by atoms with E-state index in [0.29, 0.717) is 23.0 Å². The van der Waals surface area contributed by atoms with E-state index in [9.17, 15) is 4.79 Å². The Balaban J connectivity index is 1.75. The molecule has 0 unspecified atom stereocenters. The molecule has 1 amide bonds. The van der Waals surface area contributed by atoms with Crippen molar-refractivity contribution in [3.63, 3.8) is 0 Å². The average Bonchev–Trinajstić information content (AvgIpc) is 2.96. The zero-order valence-corrected chi connectivity index (χ0v) is 14.7. The number of carbonyl (C=O) groups is 1. The Kier molecular flexibility index (Phi) is 4.61. The fourth-order valence-corrected chi connectivity index (χ4v) is 2.45. The summed E-state index contributed by atoms with van der Waals surface area (Å²) in [7, 11) is 0. The van der Waals surface area contributed by atoms with Crippen LogP contribution in [0.1, 0.15) is 21.7 Å². The molecule has 0 fully saturated rings. The van der Waals surface area contributed by atoms with Crippen LogP contribution >= 0.6 is 15.9 Å². The third-order valence-electron chi connectivity index (χ3n) is 3.34. The molecule has 3 rings (SSSR count). The molecule has 0 atom stereocenters. The van der Waals surface area contributed by atoms with Crippen molar-refractivity contribution in [2.75, 3.05) is 10.6 Å². The van der Waals surface area contributed by atoms with Crippen LogP contribution in [0, 0.1) is 13.8 Å². The number of amides is 1. The van der Waals surface area contributed by atoms with Crippen molar-refractivity contribution >= 4 is 39.2 Å². The zero-order valence-electron chi connectivity index (χ0n) is 13.1. The van der Waals surface area contributed by atoms with Crippen molar-refractivity contribution in [1.29, 1.82) is 0 Å². The SMILES string of the molecule is Cc1cc(NC(=O)c2ccnc(Nc3ccc(C)c(Br)c3)c2)no1. The van der Waals surface area contributed by atoms with Crippen LogP contribution < -0.4 is 10.6 Å². The molecule has 1 aromatic carbocycles. The number of aromatic nitrogens is 2. The lowest BCUT2D eigenvalue weighted by Gasteiger charge is -2.08. The number of rotatable bonds is 4. The first-order valence-electron chi connectivity index (χ1n) is 7.25. The van der Waals surface area contributed by atoms with E-state index in [-0.39, 0.29) is 5.91 Å². The van der Waals surface area contributed by atoms with Gasteiger partial charge in [-0.05, 0) is 43.7 Å². The standard InChI is InChI=1S/C17H15BrN4O2/c1-10-3-4-13(9-14(10)18)20-15-8-12(5-6-19-15)17(23)21-16-7-11(2)24-22-16/h3-9H,1-2H3,(H,19,20)(H,21,22,23). The van der Waals surface area contributed by atoms with E-state index in [1.165, 1.54) is 0 Å². The highest BCUT2D eigenvalue weighted by molar-refractivity contribution is 9.10. The number of carbonyl (C=O) groups excluding carboxylic acids is 1. The minimum atomic E-state index is -0.279. The average molecular weight is 387 g/mol. The first-order chi connectivity index (χ1) is 11.5. The van der Waals surface area contributed by atoms with Gasteiger partial charge in [-0.15, -0.1) is 0 Å². The van der Waals surface area contributed by atoms with Crippen molar-refractivity contribution in [2.45, 2.75) is 13.8 Å². The topological polar surface area (TPSA) is 80.0 Å². The summed E-state index contributed by atoms with van der Waals surface area (Å²) in [5.41, 5.74) is 2.49. The van der Waals surface area contributed by atoms with E-state index < -0.39 is 0 Å². The van der Waals surface area contributed by atoms with Crippen LogP contribution in [0.3, 0.4) is 0 Å². The maximum absolute atomic E-state index is 12.3. The Morgan fingerprint density at radius 2 is 1.96 bits per heavy atom. The van der Waals surface area contributed by atoms with Crippen LogP contribution in [-0.2, 0) is 0 Å². The number of hydrogen-bond acceptors (Lipinski definition) is 5. The first-order valence-corrected chi connectivity index (χ1v) is 8.04. The van der Waals surface area contributed by atoms with Gasteiger partial charge in [0.1, 0.15) is 11.6 Å². The minimum Gasteiger partial charge on any atom is -0.360 e. The van der Waals surface area contributed by atoms with Gasteiger partial charge in [-0.3, -0.25) is 4.79 Å². The summed E-state index contributed by atoms with van der Waals surface area (Å²) in [5.74, 6) is 1.31. The molecule has 2 aromatic heterocycles. The molecule has 6 nitrogen and oxygen atoms in total. The van der Waals surface area contributed by atoms with Crippen molar-refractivity contribution in [3.8, 4) is 0 Å². The fourth-order valence-electron chi connectivity index (χ4n) is 2.07. The highest BCUT2D eigenvalue weighted by Crippen LogP contribution is 2.23. The van der Waals surface area contributed by atoms with Gasteiger partial charge in [0.05, 0.1) is 0 Å². The van der Waals surface area contributed by atoms with Crippen LogP contribution in [0.15, 0.2) is 51.6 Å². The number of benzene rings is 1. The van der Waals surface area contributed by atoms with E-state index in [1.54, 1.807) is 31.3 Å². The predicted molar refractivity (Wildman–Crippen MR) is 95.6 cm³/mol. The molecule has 0 aliphatic heterocycles. The molecule has 7 heteroatoms. The maximum atomic E-state index is 12.3. The Morgan fingerprint density at radius 3 is 2.67 bits per heavy atom. The molecule has 2 N–H and O–H groups in total. The monoisotopic (exact) mass is 386 g/mol. The minimum absolute atomic E-state index is 0.279. The van der Waals surface area contributed by atoms with E-state index in [0.717, 1.165) is 15.7 Å². The summed E-state index contributed by atoms with van der Waals surface area (Å²) in [6, 6.07) is 10.9. The molecule has 24 heavy (non-hydrogen) atoms. The fraction of sp³-hybridized carbons (Fsp3) is 0.118. The van der Waals surface area contributed by atoms with Crippen LogP contribution in [0.2, 0.25) is 0 Å². The molecule has 0 saturated carbocycles. The Hall–Kier alpha value is -2.67. The van der Waals surface area contributed by atoms with Gasteiger partial charge in [0.25, 0.3) is 5.91 Å². The van der Waals surface area contributed by atoms with E-state index in [4.69, 9.17) is 4.52 Å². The summed E-state index contributed by atoms with van der Waals surface area (Å²) >= 11 is 3.50. The molecule has 122 valence electrons. The van der Waals surface area contributed by atoms with Gasteiger partial charge in [-0.1, -0.05) is 27.2 Å². The molecular weight excluding hydrogens is 372 g/mol. The Bertz CT molecular complexity index is 892. The summed E-state index contributed by atoms with van der Waals surface area (Å²) in [5, 5.41) is 9.61. The number of aryl methyl sites for hydroxylation is 2. The van der Waals surface area contributed by atoms with Gasteiger partial charge in [-0.2, -0.15) is 0 Å². The lowest BCUT2D eigenvalue weighted by molar-refractivity contribution is 0.102. The molecule has 0 spiro atoms. The van der Waals surface area contributed by atoms with Gasteiger partial charge >= 0.3 is 0 Å². The number of halogens is 1.